The Morgan fingerprint density at radius 1 is 0.971 bits per heavy atom. The van der Waals surface area contributed by atoms with Crippen LogP contribution in [0.3, 0.4) is 0 Å². The van der Waals surface area contributed by atoms with Crippen LogP contribution in [-0.2, 0) is 11.8 Å². The first-order valence-corrected chi connectivity index (χ1v) is 12.3. The average molecular weight is 472 g/mol. The molecule has 1 aliphatic heterocycles. The largest absolute Gasteiger partial charge is 0.371 e. The van der Waals surface area contributed by atoms with Crippen molar-refractivity contribution in [3.8, 4) is 0 Å². The molecule has 1 heterocycles. The number of anilines is 2. The molecule has 4 nitrogen and oxygen atoms in total. The molecular formula is C29H33N3OS. The molecule has 0 spiro atoms. The highest BCUT2D eigenvalue weighted by Gasteiger charge is 2.18. The molecule has 3 aromatic rings. The summed E-state index contributed by atoms with van der Waals surface area (Å²) >= 11 is 5.48. The standard InChI is InChI=1S/C29H33N3OS/c1-29(2,3)24-14-12-22(13-15-24)27(33)23-9-6-10-25(20-23)31-28(34)30-17-7-18-32-19-16-21-8-4-5-11-26(21)32/h4-6,8-15,20H,7,16-19H2,1-3H3,(H2,30,31,34). The van der Waals surface area contributed by atoms with E-state index in [2.05, 4.69) is 60.6 Å². The van der Waals surface area contributed by atoms with Crippen LogP contribution < -0.4 is 15.5 Å². The molecule has 0 aliphatic carbocycles. The second-order valence-corrected chi connectivity index (χ2v) is 10.2. The monoisotopic (exact) mass is 471 g/mol. The summed E-state index contributed by atoms with van der Waals surface area (Å²) in [7, 11) is 0. The van der Waals surface area contributed by atoms with Crippen LogP contribution >= 0.6 is 12.2 Å². The highest BCUT2D eigenvalue weighted by molar-refractivity contribution is 7.80. The summed E-state index contributed by atoms with van der Waals surface area (Å²) in [6.45, 7) is 9.39. The molecule has 34 heavy (non-hydrogen) atoms. The maximum atomic E-state index is 13.0. The lowest BCUT2D eigenvalue weighted by Crippen LogP contribution is -2.32. The number of nitrogens with zero attached hydrogens (tertiary/aromatic N) is 1. The number of nitrogens with one attached hydrogen (secondary N) is 2. The van der Waals surface area contributed by atoms with Crippen LogP contribution in [0.25, 0.3) is 0 Å². The van der Waals surface area contributed by atoms with Crippen molar-refractivity contribution < 1.29 is 4.79 Å². The maximum absolute atomic E-state index is 13.0. The van der Waals surface area contributed by atoms with Crippen molar-refractivity contribution >= 4 is 34.5 Å². The Balaban J connectivity index is 1.27. The fourth-order valence-electron chi connectivity index (χ4n) is 4.31. The number of ketones is 1. The average Bonchev–Trinajstić information content (AvgIpc) is 3.24. The second-order valence-electron chi connectivity index (χ2n) is 9.84. The number of fused-ring (bicyclic) bond motifs is 1. The number of carbonyl (C=O) groups excluding carboxylic acids is 1. The quantitative estimate of drug-likeness (QED) is 0.253. The lowest BCUT2D eigenvalue weighted by Gasteiger charge is -2.19. The lowest BCUT2D eigenvalue weighted by molar-refractivity contribution is 0.103. The van der Waals surface area contributed by atoms with Gasteiger partial charge < -0.3 is 15.5 Å². The molecule has 0 amide bonds. The van der Waals surface area contributed by atoms with E-state index in [-0.39, 0.29) is 11.2 Å². The molecule has 0 bridgehead atoms. The van der Waals surface area contributed by atoms with Gasteiger partial charge in [0.1, 0.15) is 0 Å². The molecule has 176 valence electrons. The molecule has 3 aromatic carbocycles. The van der Waals surface area contributed by atoms with Crippen LogP contribution in [0.15, 0.2) is 72.8 Å². The Morgan fingerprint density at radius 2 is 1.74 bits per heavy atom. The summed E-state index contributed by atoms with van der Waals surface area (Å²) in [5.74, 6) is 0.00822. The van der Waals surface area contributed by atoms with Crippen LogP contribution in [-0.4, -0.2) is 30.5 Å². The van der Waals surface area contributed by atoms with Crippen LogP contribution in [0, 0.1) is 0 Å². The number of para-hydroxylation sites is 1. The zero-order valence-corrected chi connectivity index (χ0v) is 21.0. The van der Waals surface area contributed by atoms with E-state index in [4.69, 9.17) is 12.2 Å². The molecule has 0 atom stereocenters. The highest BCUT2D eigenvalue weighted by atomic mass is 32.1. The predicted octanol–water partition coefficient (Wildman–Crippen LogP) is 5.95. The third kappa shape index (κ3) is 5.84. The van der Waals surface area contributed by atoms with Gasteiger partial charge in [-0.15, -0.1) is 0 Å². The molecule has 0 radical (unpaired) electrons. The number of rotatable bonds is 7. The Labute approximate surface area is 208 Å². The molecule has 0 saturated carbocycles. The Bertz CT molecular complexity index is 1160. The van der Waals surface area contributed by atoms with E-state index in [1.807, 2.05) is 48.5 Å². The Kier molecular flexibility index (Phi) is 7.32. The van der Waals surface area contributed by atoms with Crippen molar-refractivity contribution in [1.29, 1.82) is 0 Å². The summed E-state index contributed by atoms with van der Waals surface area (Å²) in [5.41, 5.74) is 6.21. The highest BCUT2D eigenvalue weighted by Crippen LogP contribution is 2.27. The van der Waals surface area contributed by atoms with Crippen LogP contribution in [0.2, 0.25) is 0 Å². The Morgan fingerprint density at radius 3 is 2.50 bits per heavy atom. The van der Waals surface area contributed by atoms with Gasteiger partial charge in [-0.1, -0.05) is 75.4 Å². The van der Waals surface area contributed by atoms with E-state index in [1.165, 1.54) is 16.8 Å². The van der Waals surface area contributed by atoms with Crippen molar-refractivity contribution in [1.82, 2.24) is 5.32 Å². The van der Waals surface area contributed by atoms with Gasteiger partial charge in [0.05, 0.1) is 0 Å². The summed E-state index contributed by atoms with van der Waals surface area (Å²) in [6.07, 6.45) is 2.12. The summed E-state index contributed by atoms with van der Waals surface area (Å²) in [6, 6.07) is 24.0. The molecule has 2 N–H and O–H groups in total. The molecule has 5 heteroatoms. The fourth-order valence-corrected chi connectivity index (χ4v) is 4.53. The van der Waals surface area contributed by atoms with E-state index in [0.717, 1.165) is 38.2 Å². The van der Waals surface area contributed by atoms with Gasteiger partial charge in [0, 0.05) is 42.1 Å². The number of thiocarbonyl (C=S) groups is 1. The van der Waals surface area contributed by atoms with E-state index in [0.29, 0.717) is 16.2 Å². The number of hydrogen-bond acceptors (Lipinski definition) is 3. The third-order valence-corrected chi connectivity index (χ3v) is 6.52. The van der Waals surface area contributed by atoms with Crippen molar-refractivity contribution in [3.05, 3.63) is 95.1 Å². The molecule has 0 aromatic heterocycles. The van der Waals surface area contributed by atoms with Gasteiger partial charge in [-0.25, -0.2) is 0 Å². The molecule has 0 saturated heterocycles. The van der Waals surface area contributed by atoms with Gasteiger partial charge in [0.25, 0.3) is 0 Å². The molecule has 4 rings (SSSR count). The van der Waals surface area contributed by atoms with E-state index >= 15 is 0 Å². The second kappa shape index (κ2) is 10.4. The predicted molar refractivity (Wildman–Crippen MR) is 146 cm³/mol. The van der Waals surface area contributed by atoms with Gasteiger partial charge in [-0.05, 0) is 59.8 Å². The minimum atomic E-state index is 0.00822. The van der Waals surface area contributed by atoms with Gasteiger partial charge in [-0.2, -0.15) is 0 Å². The SMILES string of the molecule is CC(C)(C)c1ccc(C(=O)c2cccc(NC(=S)NCCCN3CCc4ccccc43)c2)cc1. The molecular weight excluding hydrogens is 438 g/mol. The first-order chi connectivity index (χ1) is 16.3. The van der Waals surface area contributed by atoms with Crippen LogP contribution in [0.4, 0.5) is 11.4 Å². The Hall–Kier alpha value is -3.18. The summed E-state index contributed by atoms with van der Waals surface area (Å²) < 4.78 is 0. The first-order valence-electron chi connectivity index (χ1n) is 11.9. The van der Waals surface area contributed by atoms with Gasteiger partial charge in [-0.3, -0.25) is 4.79 Å². The van der Waals surface area contributed by atoms with Gasteiger partial charge in [0.15, 0.2) is 10.9 Å². The zero-order chi connectivity index (χ0) is 24.1. The summed E-state index contributed by atoms with van der Waals surface area (Å²) in [5, 5.41) is 7.08. The molecule has 0 unspecified atom stereocenters. The lowest BCUT2D eigenvalue weighted by atomic mass is 9.86. The van der Waals surface area contributed by atoms with Crippen molar-refractivity contribution in [3.63, 3.8) is 0 Å². The zero-order valence-electron chi connectivity index (χ0n) is 20.2. The van der Waals surface area contributed by atoms with E-state index in [9.17, 15) is 4.79 Å². The fraction of sp³-hybridized carbons (Fsp3) is 0.310. The van der Waals surface area contributed by atoms with Crippen LogP contribution in [0.1, 0.15) is 54.2 Å². The van der Waals surface area contributed by atoms with Gasteiger partial charge >= 0.3 is 0 Å². The minimum Gasteiger partial charge on any atom is -0.371 e. The summed E-state index contributed by atoms with van der Waals surface area (Å²) in [4.78, 5) is 15.4. The number of carbonyl (C=O) groups is 1. The van der Waals surface area contributed by atoms with E-state index < -0.39 is 0 Å². The van der Waals surface area contributed by atoms with Crippen molar-refractivity contribution in [2.45, 2.75) is 39.0 Å². The minimum absolute atomic E-state index is 0.00822. The van der Waals surface area contributed by atoms with Gasteiger partial charge in [0.2, 0.25) is 0 Å². The molecule has 0 fully saturated rings. The normalized spacial score (nSPS) is 12.9. The molecule has 1 aliphatic rings. The van der Waals surface area contributed by atoms with Crippen LogP contribution in [0.5, 0.6) is 0 Å². The first kappa shape index (κ1) is 24.0. The van der Waals surface area contributed by atoms with Crippen molar-refractivity contribution in [2.24, 2.45) is 0 Å². The maximum Gasteiger partial charge on any atom is 0.193 e. The number of benzene rings is 3. The van der Waals surface area contributed by atoms with E-state index in [1.54, 1.807) is 0 Å². The smallest absolute Gasteiger partial charge is 0.193 e. The number of hydrogen-bond donors (Lipinski definition) is 2. The van der Waals surface area contributed by atoms with Crippen molar-refractivity contribution in [2.75, 3.05) is 29.9 Å². The third-order valence-electron chi connectivity index (χ3n) is 6.27. The topological polar surface area (TPSA) is 44.4 Å².